The van der Waals surface area contributed by atoms with Crippen molar-refractivity contribution >= 4 is 94.7 Å². The molecule has 0 N–H and O–H groups in total. The van der Waals surface area contributed by atoms with Crippen LogP contribution in [0.15, 0.2) is 0 Å². The zero-order chi connectivity index (χ0) is 13.5. The van der Waals surface area contributed by atoms with Gasteiger partial charge in [0.2, 0.25) is 0 Å². The minimum Gasteiger partial charge on any atom is 2.00 e. The van der Waals surface area contributed by atoms with Crippen molar-refractivity contribution in [1.82, 2.24) is 0 Å². The van der Waals surface area contributed by atoms with E-state index in [-0.39, 0.29) is 58.8 Å². The number of rotatable bonds is 0. The second-order valence-corrected chi connectivity index (χ2v) is 8.22. The van der Waals surface area contributed by atoms with E-state index >= 15 is 0 Å². The van der Waals surface area contributed by atoms with Crippen molar-refractivity contribution < 1.29 is 60.5 Å². The number of hydrogen-bond acceptors (Lipinski definition) is 12. The van der Waals surface area contributed by atoms with Gasteiger partial charge in [0.05, 0.1) is 0 Å². The first-order chi connectivity index (χ1) is 6.00. The van der Waals surface area contributed by atoms with Gasteiger partial charge < -0.3 is 0 Å². The van der Waals surface area contributed by atoms with Gasteiger partial charge in [-0.1, -0.05) is 0 Å². The molecule has 0 aliphatic rings. The first-order valence-electron chi connectivity index (χ1n) is 2.00. The van der Waals surface area contributed by atoms with Crippen LogP contribution < -0.4 is 20.8 Å². The molecule has 0 saturated carbocycles. The number of hydrogen-bond donors (Lipinski definition) is 0. The summed E-state index contributed by atoms with van der Waals surface area (Å²) in [6.07, 6.45) is 0. The largest absolute Gasteiger partial charge is 4.00 e. The molecular weight excluding hydrogens is 711 g/mol. The maximum atomic E-state index is 8.63. The predicted molar refractivity (Wildman–Crippen MR) is 27.1 cm³/mol. The Balaban J connectivity index is -0.0000000400. The summed E-state index contributed by atoms with van der Waals surface area (Å²) in [4.78, 5) is 0. The average molecular weight is 711 g/mol. The molecule has 0 aromatic rings. The fraction of sp³-hybridized carbons (Fsp3) is 0. The van der Waals surface area contributed by atoms with E-state index in [4.69, 9.17) is 39.5 Å². The summed E-state index contributed by atoms with van der Waals surface area (Å²) < 4.78 is 104. The smallest absolute Gasteiger partial charge is 2.00 e. The molecule has 0 saturated heterocycles. The van der Waals surface area contributed by atoms with Gasteiger partial charge in [-0.15, -0.1) is 0 Å². The maximum Gasteiger partial charge on any atom is 4.00 e. The fourth-order valence-corrected chi connectivity index (χ4v) is 0. The summed E-state index contributed by atoms with van der Waals surface area (Å²) in [5.74, 6) is 0. The third-order valence-corrected chi connectivity index (χ3v) is 0. The van der Waals surface area contributed by atoms with Crippen molar-refractivity contribution in [3.05, 3.63) is 0 Å². The van der Waals surface area contributed by atoms with Gasteiger partial charge in [-0.2, -0.15) is 0 Å². The van der Waals surface area contributed by atoms with Crippen LogP contribution in [0.4, 0.5) is 0 Å². The maximum absolute atomic E-state index is 8.63. The van der Waals surface area contributed by atoms with Gasteiger partial charge in [0.15, 0.2) is 0 Å². The topological polar surface area (TPSA) is 241 Å². The van der Waals surface area contributed by atoms with Crippen molar-refractivity contribution in [3.63, 3.8) is 0 Å². The SMILES string of the molecule is O=[Te](=O)([O-])[O-].O=[Te](=O)([O-])[O-].O=[Te](=O)([O-])[O-].[Ca+2].[Mo+4]. The van der Waals surface area contributed by atoms with Crippen molar-refractivity contribution in [1.29, 1.82) is 0 Å². The molecule has 0 spiro atoms. The molecule has 0 unspecified atom stereocenters. The van der Waals surface area contributed by atoms with E-state index in [0.717, 1.165) is 0 Å². The molecule has 0 atom stereocenters. The Hall–Kier alpha value is 2.88. The van der Waals surface area contributed by atoms with Crippen molar-refractivity contribution in [2.24, 2.45) is 0 Å². The van der Waals surface area contributed by atoms with Crippen LogP contribution in [-0.4, -0.2) is 94.7 Å². The summed E-state index contributed by atoms with van der Waals surface area (Å²) in [5, 5.41) is 0. The molecule has 98 valence electrons. The van der Waals surface area contributed by atoms with Gasteiger partial charge in [0, 0.05) is 0 Å². The van der Waals surface area contributed by atoms with Gasteiger partial charge in [-0.3, -0.25) is 0 Å². The van der Waals surface area contributed by atoms with Gasteiger partial charge in [-0.05, 0) is 0 Å². The monoisotopic (exact) mass is 720 g/mol. The van der Waals surface area contributed by atoms with Crippen molar-refractivity contribution in [2.45, 2.75) is 0 Å². The zero-order valence-corrected chi connectivity index (χ0v) is 18.4. The molecule has 0 amide bonds. The van der Waals surface area contributed by atoms with Crippen molar-refractivity contribution in [3.8, 4) is 0 Å². The molecule has 0 heterocycles. The van der Waals surface area contributed by atoms with Crippen LogP contribution in [0, 0.1) is 0 Å². The van der Waals surface area contributed by atoms with Crippen LogP contribution in [0.1, 0.15) is 0 Å². The molecule has 0 aromatic heterocycles. The third kappa shape index (κ3) is 650. The molecule has 0 radical (unpaired) electrons. The Morgan fingerprint density at radius 1 is 0.471 bits per heavy atom. The fourth-order valence-electron chi connectivity index (χ4n) is 0. The molecule has 17 heavy (non-hydrogen) atoms. The molecule has 0 bridgehead atoms. The van der Waals surface area contributed by atoms with Gasteiger partial charge in [0.1, 0.15) is 0 Å². The Morgan fingerprint density at radius 3 is 0.471 bits per heavy atom. The molecule has 0 aliphatic heterocycles. The van der Waals surface area contributed by atoms with Gasteiger partial charge in [-0.25, -0.2) is 0 Å². The standard InChI is InChI=1S/Ca.Mo.3H2O4Te/c;;3*1-5(2,3)4/h;;3*(H2,1,2,3,4)/q+2;+4;;;/p-6. The van der Waals surface area contributed by atoms with Crippen LogP contribution in [0.25, 0.3) is 0 Å². The molecule has 0 aromatic carbocycles. The van der Waals surface area contributed by atoms with Gasteiger partial charge in [0.25, 0.3) is 0 Å². The summed E-state index contributed by atoms with van der Waals surface area (Å²) >= 11 is -18.1. The van der Waals surface area contributed by atoms with E-state index in [2.05, 4.69) is 0 Å². The summed E-state index contributed by atoms with van der Waals surface area (Å²) in [6, 6.07) is 0. The molecule has 12 nitrogen and oxygen atoms in total. The molecule has 0 fully saturated rings. The van der Waals surface area contributed by atoms with Crippen LogP contribution in [0.5, 0.6) is 0 Å². The summed E-state index contributed by atoms with van der Waals surface area (Å²) in [6.45, 7) is 0. The molecule has 17 heteroatoms. The Kier molecular flexibility index (Phi) is 26.1. The molecule has 0 aliphatic carbocycles. The summed E-state index contributed by atoms with van der Waals surface area (Å²) in [7, 11) is 0. The van der Waals surface area contributed by atoms with Crippen LogP contribution >= 0.6 is 0 Å². The van der Waals surface area contributed by atoms with E-state index in [0.29, 0.717) is 0 Å². The normalized spacial score (nSPS) is 10.2. The van der Waals surface area contributed by atoms with E-state index < -0.39 is 56.9 Å². The van der Waals surface area contributed by atoms with Crippen LogP contribution in [0.2, 0.25) is 0 Å². The quantitative estimate of drug-likeness (QED) is 0.213. The first-order valence-corrected chi connectivity index (χ1v) is 13.4. The second-order valence-electron chi connectivity index (χ2n) is 1.22. The van der Waals surface area contributed by atoms with Crippen molar-refractivity contribution in [2.75, 3.05) is 0 Å². The molecular formula is CaMoO12Te3. The minimum atomic E-state index is -6.02. The minimum absolute atomic E-state index is 0. The average Bonchev–Trinajstić information content (AvgIpc) is 1.41. The Labute approximate surface area is 152 Å². The first kappa shape index (κ1) is 32.0. The zero-order valence-electron chi connectivity index (χ0n) is 7.24. The predicted octanol–water partition coefficient (Wildman–Crippen LogP) is -9.37. The summed E-state index contributed by atoms with van der Waals surface area (Å²) in [5.41, 5.74) is 0. The van der Waals surface area contributed by atoms with E-state index in [1.807, 2.05) is 0 Å². The van der Waals surface area contributed by atoms with Crippen LogP contribution in [0.3, 0.4) is 0 Å². The van der Waals surface area contributed by atoms with E-state index in [1.165, 1.54) is 0 Å². The van der Waals surface area contributed by atoms with E-state index in [9.17, 15) is 0 Å². The van der Waals surface area contributed by atoms with Gasteiger partial charge >= 0.3 is 155 Å². The second kappa shape index (κ2) is 13.8. The Bertz CT molecular complexity index is 343. The van der Waals surface area contributed by atoms with E-state index in [1.54, 1.807) is 0 Å². The molecule has 0 rings (SSSR count). The third-order valence-electron chi connectivity index (χ3n) is 0. The Morgan fingerprint density at radius 2 is 0.471 bits per heavy atom. The van der Waals surface area contributed by atoms with Crippen LogP contribution in [-0.2, 0) is 39.7 Å².